The van der Waals surface area contributed by atoms with E-state index in [0.717, 1.165) is 29.8 Å². The molecule has 1 unspecified atom stereocenters. The quantitative estimate of drug-likeness (QED) is 0.435. The van der Waals surface area contributed by atoms with Crippen molar-refractivity contribution in [3.8, 4) is 5.75 Å². The number of carbonyl (C=O) groups excluding carboxylic acids is 1. The van der Waals surface area contributed by atoms with Crippen LogP contribution in [0.2, 0.25) is 0 Å². The summed E-state index contributed by atoms with van der Waals surface area (Å²) in [4.78, 5) is 15.1. The smallest absolute Gasteiger partial charge is 0.237 e. The topological polar surface area (TPSA) is 67.6 Å². The first kappa shape index (κ1) is 25.8. The molecule has 5 nitrogen and oxygen atoms in total. The van der Waals surface area contributed by atoms with E-state index in [4.69, 9.17) is 10.5 Å². The number of nitrogens with two attached hydrogens (primary N) is 1. The van der Waals surface area contributed by atoms with Gasteiger partial charge in [-0.15, -0.1) is 0 Å². The van der Waals surface area contributed by atoms with Gasteiger partial charge in [0.1, 0.15) is 12.4 Å². The minimum Gasteiger partial charge on any atom is -0.489 e. The van der Waals surface area contributed by atoms with Crippen LogP contribution < -0.4 is 20.7 Å². The number of nitrogens with one attached hydrogen (secondary N) is 1. The Hall–Kier alpha value is -2.79. The predicted molar refractivity (Wildman–Crippen MR) is 141 cm³/mol. The van der Waals surface area contributed by atoms with Gasteiger partial charge < -0.3 is 20.7 Å². The zero-order valence-corrected chi connectivity index (χ0v) is 21.2. The molecule has 3 N–H and O–H groups in total. The number of anilines is 1. The maximum absolute atomic E-state index is 12.7. The van der Waals surface area contributed by atoms with Crippen molar-refractivity contribution in [1.82, 2.24) is 5.32 Å². The molecule has 0 aliphatic heterocycles. The summed E-state index contributed by atoms with van der Waals surface area (Å²) in [6.07, 6.45) is 8.64. The molecule has 1 aliphatic carbocycles. The minimum atomic E-state index is -0.483. The highest BCUT2D eigenvalue weighted by atomic mass is 16.5. The van der Waals surface area contributed by atoms with Gasteiger partial charge >= 0.3 is 0 Å². The lowest BCUT2D eigenvalue weighted by Gasteiger charge is -2.40. The van der Waals surface area contributed by atoms with E-state index in [2.05, 4.69) is 74.3 Å². The molecule has 2 atom stereocenters. The van der Waals surface area contributed by atoms with E-state index in [-0.39, 0.29) is 5.91 Å². The van der Waals surface area contributed by atoms with E-state index in [1.807, 2.05) is 30.3 Å². The third-order valence-corrected chi connectivity index (χ3v) is 6.14. The summed E-state index contributed by atoms with van der Waals surface area (Å²) < 4.78 is 5.98. The van der Waals surface area contributed by atoms with Crippen LogP contribution in [-0.4, -0.2) is 30.1 Å². The number of benzene rings is 2. The van der Waals surface area contributed by atoms with Crippen molar-refractivity contribution >= 4 is 11.6 Å². The Balaban J connectivity index is 1.71. The molecule has 3 rings (SSSR count). The summed E-state index contributed by atoms with van der Waals surface area (Å²) in [5, 5.41) is 3.20. The van der Waals surface area contributed by atoms with E-state index in [1.165, 1.54) is 6.42 Å². The monoisotopic (exact) mass is 463 g/mol. The van der Waals surface area contributed by atoms with E-state index in [9.17, 15) is 4.79 Å². The molecule has 1 amide bonds. The maximum Gasteiger partial charge on any atom is 0.237 e. The van der Waals surface area contributed by atoms with E-state index in [1.54, 1.807) is 0 Å². The summed E-state index contributed by atoms with van der Waals surface area (Å²) in [5.41, 5.74) is 7.98. The molecule has 0 heterocycles. The fourth-order valence-corrected chi connectivity index (χ4v) is 4.44. The molecular formula is C29H41N3O2. The zero-order valence-electron chi connectivity index (χ0n) is 21.2. The van der Waals surface area contributed by atoms with Gasteiger partial charge in [-0.25, -0.2) is 0 Å². The summed E-state index contributed by atoms with van der Waals surface area (Å²) in [6, 6.07) is 18.3. The fourth-order valence-electron chi connectivity index (χ4n) is 4.44. The second-order valence-corrected chi connectivity index (χ2v) is 10.4. The number of nitrogens with zero attached hydrogens (tertiary/aromatic N) is 1. The first-order valence-electron chi connectivity index (χ1n) is 12.5. The predicted octanol–water partition coefficient (Wildman–Crippen LogP) is 5.45. The lowest BCUT2D eigenvalue weighted by Crippen LogP contribution is -2.57. The van der Waals surface area contributed by atoms with Crippen LogP contribution in [0.5, 0.6) is 5.75 Å². The van der Waals surface area contributed by atoms with E-state index >= 15 is 0 Å². The normalized spacial score (nSPS) is 16.8. The highest BCUT2D eigenvalue weighted by Crippen LogP contribution is 2.28. The van der Waals surface area contributed by atoms with Gasteiger partial charge in [-0.05, 0) is 75.3 Å². The molecule has 0 saturated carbocycles. The maximum atomic E-state index is 12.7. The number of hydrogen-bond donors (Lipinski definition) is 2. The molecule has 2 aromatic carbocycles. The second kappa shape index (κ2) is 12.1. The number of allylic oxidation sites excluding steroid dienone is 1. The van der Waals surface area contributed by atoms with Crippen LogP contribution in [0, 0.1) is 5.92 Å². The molecule has 0 bridgehead atoms. The van der Waals surface area contributed by atoms with Crippen LogP contribution in [0.4, 0.5) is 5.69 Å². The molecule has 5 heteroatoms. The zero-order chi connectivity index (χ0) is 24.6. The van der Waals surface area contributed by atoms with Gasteiger partial charge in [0.2, 0.25) is 5.91 Å². The minimum absolute atomic E-state index is 0.0810. The van der Waals surface area contributed by atoms with Crippen molar-refractivity contribution in [3.63, 3.8) is 0 Å². The summed E-state index contributed by atoms with van der Waals surface area (Å²) in [7, 11) is 0. The number of amides is 1. The van der Waals surface area contributed by atoms with Crippen molar-refractivity contribution in [1.29, 1.82) is 0 Å². The molecule has 0 spiro atoms. The van der Waals surface area contributed by atoms with Crippen LogP contribution in [0.1, 0.15) is 58.9 Å². The lowest BCUT2D eigenvalue weighted by molar-refractivity contribution is -0.124. The molecule has 0 aromatic heterocycles. The van der Waals surface area contributed by atoms with Gasteiger partial charge in [0, 0.05) is 18.3 Å². The van der Waals surface area contributed by atoms with Gasteiger partial charge in [0.25, 0.3) is 0 Å². The number of ether oxygens (including phenoxy) is 1. The molecular weight excluding hydrogens is 422 g/mol. The number of hydrogen-bond acceptors (Lipinski definition) is 4. The molecule has 2 aromatic rings. The molecule has 1 aliphatic rings. The van der Waals surface area contributed by atoms with Crippen LogP contribution in [-0.2, 0) is 11.4 Å². The molecule has 0 saturated heterocycles. The van der Waals surface area contributed by atoms with Crippen LogP contribution in [0.25, 0.3) is 0 Å². The van der Waals surface area contributed by atoms with Gasteiger partial charge in [-0.1, -0.05) is 56.3 Å². The van der Waals surface area contributed by atoms with E-state index in [0.29, 0.717) is 31.5 Å². The lowest BCUT2D eigenvalue weighted by atomic mass is 9.96. The summed E-state index contributed by atoms with van der Waals surface area (Å²) in [5.74, 6) is 1.15. The van der Waals surface area contributed by atoms with Crippen molar-refractivity contribution in [3.05, 3.63) is 72.3 Å². The van der Waals surface area contributed by atoms with Crippen molar-refractivity contribution < 1.29 is 9.53 Å². The Morgan fingerprint density at radius 2 is 1.85 bits per heavy atom. The largest absolute Gasteiger partial charge is 0.489 e. The SMILES string of the molecule is CC(C)CC(N)C(=O)NC(C)(C)CN(c1ccc(OCc2ccccc2)cc1)[C@@H]1C=CCCC1. The third kappa shape index (κ3) is 7.91. The number of rotatable bonds is 11. The molecule has 34 heavy (non-hydrogen) atoms. The Morgan fingerprint density at radius 1 is 1.15 bits per heavy atom. The summed E-state index contributed by atoms with van der Waals surface area (Å²) in [6.45, 7) is 9.55. The standard InChI is InChI=1S/C29H41N3O2/c1-22(2)19-27(30)28(33)31-29(3,4)21-32(24-13-9-6-10-14-24)25-15-17-26(18-16-25)34-20-23-11-7-5-8-12-23/h5,7-9,11-13,15-18,22,24,27H,6,10,14,19-21,30H2,1-4H3,(H,31,33)/t24-,27?/m1/s1. The Morgan fingerprint density at radius 3 is 2.47 bits per heavy atom. The average Bonchev–Trinajstić information content (AvgIpc) is 2.82. The number of carbonyl (C=O) groups is 1. The Kier molecular flexibility index (Phi) is 9.17. The molecule has 184 valence electrons. The Bertz CT molecular complexity index is 922. The van der Waals surface area contributed by atoms with Gasteiger partial charge in [-0.2, -0.15) is 0 Å². The molecule has 0 fully saturated rings. The van der Waals surface area contributed by atoms with Crippen molar-refractivity contribution in [2.24, 2.45) is 11.7 Å². The van der Waals surface area contributed by atoms with Crippen molar-refractivity contribution in [2.75, 3.05) is 11.4 Å². The first-order valence-corrected chi connectivity index (χ1v) is 12.5. The highest BCUT2D eigenvalue weighted by Gasteiger charge is 2.29. The second-order valence-electron chi connectivity index (χ2n) is 10.4. The third-order valence-electron chi connectivity index (χ3n) is 6.14. The fraction of sp³-hybridized carbons (Fsp3) is 0.483. The Labute approximate surface area is 205 Å². The summed E-state index contributed by atoms with van der Waals surface area (Å²) >= 11 is 0. The van der Waals surface area contributed by atoms with Crippen LogP contribution in [0.3, 0.4) is 0 Å². The highest BCUT2D eigenvalue weighted by molar-refractivity contribution is 5.82. The average molecular weight is 464 g/mol. The van der Waals surface area contributed by atoms with Gasteiger partial charge in [0.05, 0.1) is 11.6 Å². The van der Waals surface area contributed by atoms with Gasteiger partial charge in [-0.3, -0.25) is 4.79 Å². The van der Waals surface area contributed by atoms with Crippen molar-refractivity contribution in [2.45, 2.75) is 77.6 Å². The van der Waals surface area contributed by atoms with Crippen LogP contribution in [0.15, 0.2) is 66.7 Å². The molecule has 0 radical (unpaired) electrons. The van der Waals surface area contributed by atoms with Gasteiger partial charge in [0.15, 0.2) is 0 Å². The first-order chi connectivity index (χ1) is 16.2. The van der Waals surface area contributed by atoms with E-state index < -0.39 is 11.6 Å². The van der Waals surface area contributed by atoms with Crippen LogP contribution >= 0.6 is 0 Å².